The number of rotatable bonds is 3. The van der Waals surface area contributed by atoms with Crippen LogP contribution in [0.2, 0.25) is 0 Å². The first kappa shape index (κ1) is 14.2. The van der Waals surface area contributed by atoms with Gasteiger partial charge in [-0.1, -0.05) is 6.07 Å². The van der Waals surface area contributed by atoms with Gasteiger partial charge >= 0.3 is 0 Å². The van der Waals surface area contributed by atoms with Gasteiger partial charge in [-0.05, 0) is 44.5 Å². The van der Waals surface area contributed by atoms with E-state index in [1.54, 1.807) is 16.7 Å². The molecule has 0 radical (unpaired) electrons. The topological polar surface area (TPSA) is 57.8 Å². The van der Waals surface area contributed by atoms with Gasteiger partial charge in [0, 0.05) is 24.7 Å². The van der Waals surface area contributed by atoms with E-state index in [0.717, 1.165) is 49.4 Å². The van der Waals surface area contributed by atoms with Crippen molar-refractivity contribution in [3.8, 4) is 0 Å². The lowest BCUT2D eigenvalue weighted by molar-refractivity contribution is 0.163. The molecule has 0 aromatic carbocycles. The van der Waals surface area contributed by atoms with Crippen LogP contribution in [0.25, 0.3) is 5.65 Å². The van der Waals surface area contributed by atoms with Crippen molar-refractivity contribution in [3.63, 3.8) is 0 Å². The number of β-amino-alcohol motifs (C(OH)–C–C–N with tert-alkyl or cyclic N) is 1. The highest BCUT2D eigenvalue weighted by Gasteiger charge is 2.22. The Kier molecular flexibility index (Phi) is 4.03. The van der Waals surface area contributed by atoms with Crippen LogP contribution in [0, 0.1) is 6.92 Å². The van der Waals surface area contributed by atoms with E-state index in [1.165, 1.54) is 0 Å². The molecule has 3 heterocycles. The van der Waals surface area contributed by atoms with E-state index in [9.17, 15) is 4.79 Å². The van der Waals surface area contributed by atoms with E-state index in [-0.39, 0.29) is 12.2 Å². The zero-order valence-corrected chi connectivity index (χ0v) is 12.3. The molecule has 2 aromatic heterocycles. The molecule has 0 spiro atoms. The summed E-state index contributed by atoms with van der Waals surface area (Å²) in [4.78, 5) is 19.2. The molecular weight excluding hydrogens is 266 g/mol. The van der Waals surface area contributed by atoms with Gasteiger partial charge in [0.1, 0.15) is 5.65 Å². The zero-order valence-electron chi connectivity index (χ0n) is 12.3. The molecular formula is C16H21N3O2. The molecule has 3 rings (SSSR count). The SMILES string of the molecule is Cc1cccn2c(=O)cc(C3CCN(CCO)CC3)nc12. The molecule has 21 heavy (non-hydrogen) atoms. The van der Waals surface area contributed by atoms with Crippen LogP contribution in [-0.2, 0) is 0 Å². The number of hydrogen-bond donors (Lipinski definition) is 1. The van der Waals surface area contributed by atoms with E-state index in [2.05, 4.69) is 4.90 Å². The van der Waals surface area contributed by atoms with E-state index < -0.39 is 0 Å². The van der Waals surface area contributed by atoms with Gasteiger partial charge in [-0.2, -0.15) is 0 Å². The third-order valence-corrected chi connectivity index (χ3v) is 4.33. The summed E-state index contributed by atoms with van der Waals surface area (Å²) in [5, 5.41) is 8.99. The number of aromatic nitrogens is 2. The van der Waals surface area contributed by atoms with Crippen LogP contribution in [0.3, 0.4) is 0 Å². The second-order valence-electron chi connectivity index (χ2n) is 5.74. The lowest BCUT2D eigenvalue weighted by Crippen LogP contribution is -2.35. The van der Waals surface area contributed by atoms with Crippen molar-refractivity contribution in [2.45, 2.75) is 25.7 Å². The molecule has 0 bridgehead atoms. The van der Waals surface area contributed by atoms with Gasteiger partial charge in [0.15, 0.2) is 0 Å². The third-order valence-electron chi connectivity index (χ3n) is 4.33. The molecule has 1 aliphatic rings. The number of fused-ring (bicyclic) bond motifs is 1. The van der Waals surface area contributed by atoms with Gasteiger partial charge in [-0.25, -0.2) is 4.98 Å². The number of pyridine rings is 1. The fourth-order valence-electron chi connectivity index (χ4n) is 3.08. The number of nitrogens with zero attached hydrogens (tertiary/aromatic N) is 3. The molecule has 2 aromatic rings. The summed E-state index contributed by atoms with van der Waals surface area (Å²) in [5.41, 5.74) is 2.70. The smallest absolute Gasteiger partial charge is 0.258 e. The van der Waals surface area contributed by atoms with Gasteiger partial charge in [-0.3, -0.25) is 9.20 Å². The first-order valence-corrected chi connectivity index (χ1v) is 7.51. The lowest BCUT2D eigenvalue weighted by Gasteiger charge is -2.31. The number of aliphatic hydroxyl groups is 1. The zero-order chi connectivity index (χ0) is 14.8. The fourth-order valence-corrected chi connectivity index (χ4v) is 3.08. The van der Waals surface area contributed by atoms with E-state index in [1.807, 2.05) is 19.1 Å². The fraction of sp³-hybridized carbons (Fsp3) is 0.500. The summed E-state index contributed by atoms with van der Waals surface area (Å²) in [7, 11) is 0. The van der Waals surface area contributed by atoms with Crippen molar-refractivity contribution in [1.29, 1.82) is 0 Å². The highest BCUT2D eigenvalue weighted by Crippen LogP contribution is 2.26. The maximum atomic E-state index is 12.2. The molecule has 0 atom stereocenters. The summed E-state index contributed by atoms with van der Waals surface area (Å²) < 4.78 is 1.61. The number of piperidine rings is 1. The molecule has 112 valence electrons. The normalized spacial score (nSPS) is 17.4. The van der Waals surface area contributed by atoms with Crippen molar-refractivity contribution in [1.82, 2.24) is 14.3 Å². The molecule has 0 unspecified atom stereocenters. The Bertz CT molecular complexity index is 687. The van der Waals surface area contributed by atoms with Crippen molar-refractivity contribution in [3.05, 3.63) is 46.0 Å². The quantitative estimate of drug-likeness (QED) is 0.921. The Morgan fingerprint density at radius 3 is 2.86 bits per heavy atom. The highest BCUT2D eigenvalue weighted by molar-refractivity contribution is 5.47. The summed E-state index contributed by atoms with van der Waals surface area (Å²) >= 11 is 0. The van der Waals surface area contributed by atoms with Crippen molar-refractivity contribution >= 4 is 5.65 Å². The molecule has 1 saturated heterocycles. The van der Waals surface area contributed by atoms with Crippen LogP contribution < -0.4 is 5.56 Å². The first-order valence-electron chi connectivity index (χ1n) is 7.51. The maximum Gasteiger partial charge on any atom is 0.258 e. The largest absolute Gasteiger partial charge is 0.395 e. The summed E-state index contributed by atoms with van der Waals surface area (Å²) in [6, 6.07) is 5.53. The molecule has 1 aliphatic heterocycles. The molecule has 0 saturated carbocycles. The van der Waals surface area contributed by atoms with Crippen LogP contribution in [0.15, 0.2) is 29.2 Å². The van der Waals surface area contributed by atoms with Gasteiger partial charge in [0.25, 0.3) is 5.56 Å². The second kappa shape index (κ2) is 5.95. The summed E-state index contributed by atoms with van der Waals surface area (Å²) in [6.07, 6.45) is 3.76. The Balaban J connectivity index is 1.88. The molecule has 0 aliphatic carbocycles. The molecule has 1 N–H and O–H groups in total. The number of aliphatic hydroxyl groups excluding tert-OH is 1. The van der Waals surface area contributed by atoms with Crippen molar-refractivity contribution in [2.24, 2.45) is 0 Å². The predicted molar refractivity (Wildman–Crippen MR) is 81.7 cm³/mol. The summed E-state index contributed by atoms with van der Waals surface area (Å²) in [6.45, 7) is 4.84. The van der Waals surface area contributed by atoms with Crippen LogP contribution in [0.5, 0.6) is 0 Å². The Labute approximate surface area is 123 Å². The lowest BCUT2D eigenvalue weighted by atomic mass is 9.93. The number of likely N-dealkylation sites (tertiary alicyclic amines) is 1. The monoisotopic (exact) mass is 287 g/mol. The van der Waals surface area contributed by atoms with Crippen LogP contribution >= 0.6 is 0 Å². The van der Waals surface area contributed by atoms with E-state index in [0.29, 0.717) is 5.92 Å². The second-order valence-corrected chi connectivity index (χ2v) is 5.74. The maximum absolute atomic E-state index is 12.2. The van der Waals surface area contributed by atoms with Gasteiger partial charge in [0.05, 0.1) is 12.3 Å². The van der Waals surface area contributed by atoms with Crippen LogP contribution in [-0.4, -0.2) is 45.6 Å². The molecule has 0 amide bonds. The highest BCUT2D eigenvalue weighted by atomic mass is 16.3. The van der Waals surface area contributed by atoms with Crippen molar-refractivity contribution in [2.75, 3.05) is 26.2 Å². The van der Waals surface area contributed by atoms with Gasteiger partial charge < -0.3 is 10.0 Å². The van der Waals surface area contributed by atoms with Gasteiger partial charge in [-0.15, -0.1) is 0 Å². The minimum atomic E-state index is -0.00325. The van der Waals surface area contributed by atoms with Crippen LogP contribution in [0.1, 0.15) is 30.0 Å². The van der Waals surface area contributed by atoms with Gasteiger partial charge in [0.2, 0.25) is 0 Å². The summed E-state index contributed by atoms with van der Waals surface area (Å²) in [5.74, 6) is 0.345. The Morgan fingerprint density at radius 2 is 2.14 bits per heavy atom. The minimum absolute atomic E-state index is 0.00325. The third kappa shape index (κ3) is 2.84. The van der Waals surface area contributed by atoms with Crippen molar-refractivity contribution < 1.29 is 5.11 Å². The molecule has 5 heteroatoms. The number of aryl methyl sites for hydroxylation is 1. The minimum Gasteiger partial charge on any atom is -0.395 e. The Morgan fingerprint density at radius 1 is 1.38 bits per heavy atom. The molecule has 1 fully saturated rings. The average Bonchev–Trinajstić information content (AvgIpc) is 2.49. The average molecular weight is 287 g/mol. The van der Waals surface area contributed by atoms with E-state index >= 15 is 0 Å². The van der Waals surface area contributed by atoms with Crippen LogP contribution in [0.4, 0.5) is 0 Å². The predicted octanol–water partition coefficient (Wildman–Crippen LogP) is 1.17. The standard InChI is InChI=1S/C16H21N3O2/c1-12-3-2-6-19-15(21)11-14(17-16(12)19)13-4-7-18(8-5-13)9-10-20/h2-3,6,11,13,20H,4-5,7-10H2,1H3. The molecule has 5 nitrogen and oxygen atoms in total. The first-order chi connectivity index (χ1) is 10.2. The Hall–Kier alpha value is -1.72. The van der Waals surface area contributed by atoms with E-state index in [4.69, 9.17) is 10.1 Å². The number of hydrogen-bond acceptors (Lipinski definition) is 4.